The quantitative estimate of drug-likeness (QED) is 0.519. The first-order valence-corrected chi connectivity index (χ1v) is 9.70. The molecule has 3 rings (SSSR count). The summed E-state index contributed by atoms with van der Waals surface area (Å²) in [4.78, 5) is 11.3. The number of furan rings is 1. The number of hydrogen-bond acceptors (Lipinski definition) is 3. The van der Waals surface area contributed by atoms with Crippen LogP contribution in [-0.2, 0) is 16.0 Å². The molecule has 1 fully saturated rings. The fourth-order valence-corrected chi connectivity index (χ4v) is 5.45. The van der Waals surface area contributed by atoms with E-state index >= 15 is 0 Å². The highest BCUT2D eigenvalue weighted by Crippen LogP contribution is 2.61. The normalized spacial score (nSPS) is 35.0. The zero-order chi connectivity index (χ0) is 18.1. The van der Waals surface area contributed by atoms with Crippen molar-refractivity contribution in [3.05, 3.63) is 35.8 Å². The lowest BCUT2D eigenvalue weighted by Gasteiger charge is -2.58. The molecule has 0 bridgehead atoms. The number of fused-ring (bicyclic) bond motifs is 1. The van der Waals surface area contributed by atoms with E-state index < -0.39 is 0 Å². The zero-order valence-corrected chi connectivity index (χ0v) is 16.1. The number of carbonyl (C=O) groups is 1. The van der Waals surface area contributed by atoms with Crippen LogP contribution in [0, 0.1) is 22.7 Å². The molecule has 0 aromatic carbocycles. The van der Waals surface area contributed by atoms with Crippen LogP contribution >= 0.6 is 0 Å². The molecule has 1 aromatic heterocycles. The largest absolute Gasteiger partial charge is 0.472 e. The van der Waals surface area contributed by atoms with Crippen LogP contribution in [0.5, 0.6) is 0 Å². The fourth-order valence-electron chi connectivity index (χ4n) is 5.45. The number of aryl methyl sites for hydroxylation is 1. The zero-order valence-electron chi connectivity index (χ0n) is 16.1. The van der Waals surface area contributed by atoms with Crippen LogP contribution in [-0.4, -0.2) is 12.6 Å². The molecule has 0 N–H and O–H groups in total. The first kappa shape index (κ1) is 18.3. The van der Waals surface area contributed by atoms with Gasteiger partial charge in [-0.3, -0.25) is 4.79 Å². The van der Waals surface area contributed by atoms with Crippen LogP contribution in [0.4, 0.5) is 0 Å². The molecule has 0 unspecified atom stereocenters. The first-order valence-electron chi connectivity index (χ1n) is 9.70. The smallest absolute Gasteiger partial charge is 0.302 e. The molecule has 1 saturated carbocycles. The maximum atomic E-state index is 11.3. The molecule has 25 heavy (non-hydrogen) atoms. The lowest BCUT2D eigenvalue weighted by atomic mass is 9.47. The number of carbonyl (C=O) groups excluding carboxylic acids is 1. The summed E-state index contributed by atoms with van der Waals surface area (Å²) in [6, 6.07) is 2.09. The Morgan fingerprint density at radius 1 is 1.36 bits per heavy atom. The second kappa shape index (κ2) is 7.01. The maximum absolute atomic E-state index is 11.3. The predicted octanol–water partition coefficient (Wildman–Crippen LogP) is 5.55. The van der Waals surface area contributed by atoms with Gasteiger partial charge < -0.3 is 9.15 Å². The highest BCUT2D eigenvalue weighted by molar-refractivity contribution is 5.66. The standard InChI is InChI=1S/C22H32O3/c1-16-8-11-22(4)19(15-25-17(2)23)6-5-7-20(22)21(16,3)12-9-18-10-13-24-14-18/h6,10,13-14,16,20H,5,7-9,11-12,15H2,1-4H3/t16-,20-,21+,22+/m1/s1. The van der Waals surface area contributed by atoms with Gasteiger partial charge in [-0.2, -0.15) is 0 Å². The third-order valence-corrected chi connectivity index (χ3v) is 7.33. The van der Waals surface area contributed by atoms with Gasteiger partial charge in [0.15, 0.2) is 0 Å². The van der Waals surface area contributed by atoms with E-state index in [4.69, 9.17) is 9.15 Å². The van der Waals surface area contributed by atoms with Crippen LogP contribution < -0.4 is 0 Å². The van der Waals surface area contributed by atoms with Crippen LogP contribution in [0.25, 0.3) is 0 Å². The minimum absolute atomic E-state index is 0.158. The molecule has 0 aliphatic heterocycles. The molecule has 0 saturated heterocycles. The Morgan fingerprint density at radius 2 is 2.16 bits per heavy atom. The fraction of sp³-hybridized carbons (Fsp3) is 0.682. The minimum Gasteiger partial charge on any atom is -0.472 e. The molecule has 2 aliphatic carbocycles. The molecule has 2 aliphatic rings. The third kappa shape index (κ3) is 3.43. The minimum atomic E-state index is -0.182. The number of allylic oxidation sites excluding steroid dienone is 1. The van der Waals surface area contributed by atoms with E-state index in [9.17, 15) is 4.79 Å². The molecule has 3 heteroatoms. The van der Waals surface area contributed by atoms with Gasteiger partial charge in [0.1, 0.15) is 6.61 Å². The molecule has 4 atom stereocenters. The Labute approximate surface area is 151 Å². The summed E-state index contributed by atoms with van der Waals surface area (Å²) in [5.74, 6) is 1.18. The van der Waals surface area contributed by atoms with Crippen LogP contribution in [0.2, 0.25) is 0 Å². The lowest BCUT2D eigenvalue weighted by Crippen LogP contribution is -2.50. The van der Waals surface area contributed by atoms with E-state index in [2.05, 4.69) is 32.9 Å². The molecule has 1 heterocycles. The summed E-state index contributed by atoms with van der Waals surface area (Å²) < 4.78 is 10.6. The van der Waals surface area contributed by atoms with E-state index in [0.717, 1.165) is 12.8 Å². The van der Waals surface area contributed by atoms with Gasteiger partial charge in [-0.15, -0.1) is 0 Å². The van der Waals surface area contributed by atoms with Crippen LogP contribution in [0.15, 0.2) is 34.7 Å². The van der Waals surface area contributed by atoms with Crippen molar-refractivity contribution < 1.29 is 13.9 Å². The Balaban J connectivity index is 1.82. The van der Waals surface area contributed by atoms with Crippen molar-refractivity contribution in [2.45, 2.75) is 66.2 Å². The van der Waals surface area contributed by atoms with Crippen LogP contribution in [0.3, 0.4) is 0 Å². The van der Waals surface area contributed by atoms with Gasteiger partial charge in [0.25, 0.3) is 0 Å². The van der Waals surface area contributed by atoms with Crippen LogP contribution in [0.1, 0.15) is 65.4 Å². The summed E-state index contributed by atoms with van der Waals surface area (Å²) in [6.45, 7) is 9.30. The Kier molecular flexibility index (Phi) is 5.13. The van der Waals surface area contributed by atoms with E-state index in [-0.39, 0.29) is 11.4 Å². The summed E-state index contributed by atoms with van der Waals surface area (Å²) in [5.41, 5.74) is 3.11. The number of rotatable bonds is 5. The molecular formula is C22H32O3. The average Bonchev–Trinajstić information content (AvgIpc) is 3.09. The highest BCUT2D eigenvalue weighted by atomic mass is 16.5. The maximum Gasteiger partial charge on any atom is 0.302 e. The Bertz CT molecular complexity index is 630. The third-order valence-electron chi connectivity index (χ3n) is 7.33. The van der Waals surface area contributed by atoms with Gasteiger partial charge in [0.05, 0.1) is 12.5 Å². The predicted molar refractivity (Wildman–Crippen MR) is 99.1 cm³/mol. The average molecular weight is 344 g/mol. The Hall–Kier alpha value is -1.51. The van der Waals surface area contributed by atoms with Crippen molar-refractivity contribution in [1.82, 2.24) is 0 Å². The lowest BCUT2D eigenvalue weighted by molar-refractivity contribution is -0.141. The molecule has 1 aromatic rings. The Morgan fingerprint density at radius 3 is 2.84 bits per heavy atom. The van der Waals surface area contributed by atoms with E-state index in [0.29, 0.717) is 23.9 Å². The van der Waals surface area contributed by atoms with Gasteiger partial charge in [-0.25, -0.2) is 0 Å². The SMILES string of the molecule is CC(=O)OCC1=CCC[C@@H]2[C@@](C)(CCc3ccoc3)[C@H](C)CC[C@@]12C. The van der Waals surface area contributed by atoms with E-state index in [1.807, 2.05) is 6.26 Å². The second-order valence-electron chi connectivity index (χ2n) is 8.63. The van der Waals surface area contributed by atoms with Crippen molar-refractivity contribution in [2.75, 3.05) is 6.61 Å². The highest BCUT2D eigenvalue weighted by Gasteiger charge is 2.53. The molecule has 0 spiro atoms. The van der Waals surface area contributed by atoms with Crippen molar-refractivity contribution in [1.29, 1.82) is 0 Å². The van der Waals surface area contributed by atoms with Gasteiger partial charge in [-0.05, 0) is 78.4 Å². The van der Waals surface area contributed by atoms with Crippen molar-refractivity contribution in [2.24, 2.45) is 22.7 Å². The molecule has 0 amide bonds. The number of esters is 1. The van der Waals surface area contributed by atoms with E-state index in [1.54, 1.807) is 6.26 Å². The summed E-state index contributed by atoms with van der Waals surface area (Å²) in [6.07, 6.45) is 13.0. The summed E-state index contributed by atoms with van der Waals surface area (Å²) in [7, 11) is 0. The molecule has 0 radical (unpaired) electrons. The van der Waals surface area contributed by atoms with Crippen molar-refractivity contribution >= 4 is 5.97 Å². The van der Waals surface area contributed by atoms with Gasteiger partial charge in [0, 0.05) is 6.92 Å². The van der Waals surface area contributed by atoms with Gasteiger partial charge in [-0.1, -0.05) is 26.8 Å². The molecular weight excluding hydrogens is 312 g/mol. The summed E-state index contributed by atoms with van der Waals surface area (Å²) >= 11 is 0. The van der Waals surface area contributed by atoms with E-state index in [1.165, 1.54) is 43.7 Å². The van der Waals surface area contributed by atoms with Crippen molar-refractivity contribution in [3.63, 3.8) is 0 Å². The number of hydrogen-bond donors (Lipinski definition) is 0. The molecule has 138 valence electrons. The van der Waals surface area contributed by atoms with Gasteiger partial charge >= 0.3 is 5.97 Å². The first-order chi connectivity index (χ1) is 11.9. The monoisotopic (exact) mass is 344 g/mol. The van der Waals surface area contributed by atoms with Crippen molar-refractivity contribution in [3.8, 4) is 0 Å². The summed E-state index contributed by atoms with van der Waals surface area (Å²) in [5, 5.41) is 0. The second-order valence-corrected chi connectivity index (χ2v) is 8.63. The topological polar surface area (TPSA) is 39.4 Å². The number of ether oxygens (including phenoxy) is 1. The van der Waals surface area contributed by atoms with Gasteiger partial charge in [0.2, 0.25) is 0 Å². The molecule has 3 nitrogen and oxygen atoms in total.